The summed E-state index contributed by atoms with van der Waals surface area (Å²) in [5, 5.41) is 4.02. The number of nitrogens with one attached hydrogen (secondary N) is 1. The van der Waals surface area contributed by atoms with E-state index in [1.165, 1.54) is 4.88 Å². The smallest absolute Gasteiger partial charge is 0.251 e. The first-order chi connectivity index (χ1) is 11.2. The Labute approximate surface area is 139 Å². The summed E-state index contributed by atoms with van der Waals surface area (Å²) in [4.78, 5) is 18.1. The molecule has 1 aromatic carbocycles. The molecule has 0 atom stereocenters. The largest absolute Gasteiger partial charge is 0.467 e. The van der Waals surface area contributed by atoms with Crippen LogP contribution in [0.5, 0.6) is 5.75 Å². The average molecular weight is 332 g/mol. The van der Waals surface area contributed by atoms with Crippen LogP contribution >= 0.6 is 11.3 Å². The number of nitrogens with zero attached hydrogens (tertiary/aromatic N) is 1. The van der Waals surface area contributed by atoms with Crippen molar-refractivity contribution >= 4 is 17.2 Å². The molecule has 0 aliphatic carbocycles. The summed E-state index contributed by atoms with van der Waals surface area (Å²) in [6.45, 7) is 5.53. The minimum Gasteiger partial charge on any atom is -0.467 e. The molecule has 2 aromatic rings. The summed E-state index contributed by atoms with van der Waals surface area (Å²) in [6, 6.07) is 5.43. The lowest BCUT2D eigenvalue weighted by molar-refractivity contribution is -0.0163. The van der Waals surface area contributed by atoms with Crippen LogP contribution in [0, 0.1) is 6.92 Å². The number of ether oxygens (including phenoxy) is 2. The Kier molecular flexibility index (Phi) is 4.93. The van der Waals surface area contributed by atoms with Gasteiger partial charge in [0.05, 0.1) is 17.3 Å². The van der Waals surface area contributed by atoms with E-state index >= 15 is 0 Å². The molecular formula is C17H20N2O3S. The number of amides is 1. The number of benzene rings is 1. The number of aromatic nitrogens is 1. The van der Waals surface area contributed by atoms with Gasteiger partial charge in [0.15, 0.2) is 6.79 Å². The summed E-state index contributed by atoms with van der Waals surface area (Å²) in [6.07, 6.45) is 1.71. The first-order valence-corrected chi connectivity index (χ1v) is 8.56. The Balaban J connectivity index is 1.56. The van der Waals surface area contributed by atoms with E-state index in [1.807, 2.05) is 12.1 Å². The van der Waals surface area contributed by atoms with Gasteiger partial charge in [-0.3, -0.25) is 4.79 Å². The minimum atomic E-state index is -0.0811. The predicted octanol–water partition coefficient (Wildman–Crippen LogP) is 2.85. The maximum Gasteiger partial charge on any atom is 0.251 e. The second kappa shape index (κ2) is 7.10. The first-order valence-electron chi connectivity index (χ1n) is 7.74. The molecule has 0 unspecified atom stereocenters. The Morgan fingerprint density at radius 2 is 2.30 bits per heavy atom. The van der Waals surface area contributed by atoms with E-state index in [4.69, 9.17) is 9.47 Å². The number of thiazole rings is 1. The third-order valence-electron chi connectivity index (χ3n) is 3.77. The molecule has 23 heavy (non-hydrogen) atoms. The number of aryl methyl sites for hydroxylation is 2. The second-order valence-corrected chi connectivity index (χ2v) is 6.69. The number of hydrogen-bond acceptors (Lipinski definition) is 5. The molecule has 0 bridgehead atoms. The highest BCUT2D eigenvalue weighted by atomic mass is 32.1. The second-order valence-electron chi connectivity index (χ2n) is 5.40. The summed E-state index contributed by atoms with van der Waals surface area (Å²) < 4.78 is 10.6. The molecule has 1 aliphatic rings. The van der Waals surface area contributed by atoms with Gasteiger partial charge in [0.1, 0.15) is 5.75 Å². The van der Waals surface area contributed by atoms with Crippen LogP contribution in [0.1, 0.15) is 38.4 Å². The number of rotatable bonds is 5. The first kappa shape index (κ1) is 16.0. The van der Waals surface area contributed by atoms with E-state index in [0.717, 1.165) is 34.9 Å². The van der Waals surface area contributed by atoms with Gasteiger partial charge in [-0.1, -0.05) is 6.92 Å². The number of hydrogen-bond donors (Lipinski definition) is 1. The standard InChI is InChI=1S/C17H20N2O3S/c1-3-14-11(2)23-16(19-14)6-7-18-17(20)12-4-5-15-13(8-12)9-21-10-22-15/h4-5,8H,3,6-7,9-10H2,1-2H3,(H,18,20). The lowest BCUT2D eigenvalue weighted by Crippen LogP contribution is -2.26. The SMILES string of the molecule is CCc1nc(CCNC(=O)c2ccc3c(c2)COCO3)sc1C. The van der Waals surface area contributed by atoms with Gasteiger partial charge in [-0.05, 0) is 31.5 Å². The van der Waals surface area contributed by atoms with Crippen LogP contribution in [0.3, 0.4) is 0 Å². The van der Waals surface area contributed by atoms with Crippen LogP contribution in [0.15, 0.2) is 18.2 Å². The van der Waals surface area contributed by atoms with Crippen molar-refractivity contribution in [1.82, 2.24) is 10.3 Å². The van der Waals surface area contributed by atoms with Crippen molar-refractivity contribution in [3.05, 3.63) is 44.9 Å². The molecule has 122 valence electrons. The van der Waals surface area contributed by atoms with Gasteiger partial charge >= 0.3 is 0 Å². The van der Waals surface area contributed by atoms with E-state index in [0.29, 0.717) is 18.7 Å². The van der Waals surface area contributed by atoms with Crippen molar-refractivity contribution in [1.29, 1.82) is 0 Å². The van der Waals surface area contributed by atoms with Crippen molar-refractivity contribution in [2.75, 3.05) is 13.3 Å². The van der Waals surface area contributed by atoms with Gasteiger partial charge in [0.25, 0.3) is 5.91 Å². The molecule has 5 nitrogen and oxygen atoms in total. The zero-order chi connectivity index (χ0) is 16.2. The van der Waals surface area contributed by atoms with Crippen LogP contribution in [-0.2, 0) is 24.2 Å². The van der Waals surface area contributed by atoms with Crippen molar-refractivity contribution in [2.45, 2.75) is 33.3 Å². The molecule has 3 rings (SSSR count). The van der Waals surface area contributed by atoms with Gasteiger partial charge in [0.2, 0.25) is 0 Å². The highest BCUT2D eigenvalue weighted by Gasteiger charge is 2.14. The van der Waals surface area contributed by atoms with Crippen molar-refractivity contribution < 1.29 is 14.3 Å². The number of fused-ring (bicyclic) bond motifs is 1. The third kappa shape index (κ3) is 3.71. The monoisotopic (exact) mass is 332 g/mol. The summed E-state index contributed by atoms with van der Waals surface area (Å²) >= 11 is 1.71. The van der Waals surface area contributed by atoms with Gasteiger partial charge in [-0.25, -0.2) is 4.98 Å². The maximum atomic E-state index is 12.2. The third-order valence-corrected chi connectivity index (χ3v) is 4.85. The molecule has 6 heteroatoms. The fourth-order valence-electron chi connectivity index (χ4n) is 2.54. The predicted molar refractivity (Wildman–Crippen MR) is 89.0 cm³/mol. The van der Waals surface area contributed by atoms with E-state index < -0.39 is 0 Å². The molecule has 1 N–H and O–H groups in total. The Morgan fingerprint density at radius 1 is 1.43 bits per heavy atom. The minimum absolute atomic E-state index is 0.0811. The molecule has 0 spiro atoms. The average Bonchev–Trinajstić information content (AvgIpc) is 2.94. The topological polar surface area (TPSA) is 60.5 Å². The summed E-state index contributed by atoms with van der Waals surface area (Å²) in [7, 11) is 0. The van der Waals surface area contributed by atoms with Crippen molar-refractivity contribution in [2.24, 2.45) is 0 Å². The molecule has 0 radical (unpaired) electrons. The molecule has 0 saturated heterocycles. The summed E-state index contributed by atoms with van der Waals surface area (Å²) in [5.41, 5.74) is 2.69. The zero-order valence-corrected chi connectivity index (χ0v) is 14.2. The highest BCUT2D eigenvalue weighted by Crippen LogP contribution is 2.24. The highest BCUT2D eigenvalue weighted by molar-refractivity contribution is 7.11. The van der Waals surface area contributed by atoms with Crippen LogP contribution in [0.25, 0.3) is 0 Å². The molecule has 2 heterocycles. The van der Waals surface area contributed by atoms with Gasteiger partial charge in [-0.2, -0.15) is 0 Å². The lowest BCUT2D eigenvalue weighted by atomic mass is 10.1. The van der Waals surface area contributed by atoms with E-state index in [-0.39, 0.29) is 12.7 Å². The fourth-order valence-corrected chi connectivity index (χ4v) is 3.56. The number of carbonyl (C=O) groups is 1. The van der Waals surface area contributed by atoms with Crippen molar-refractivity contribution in [3.63, 3.8) is 0 Å². The summed E-state index contributed by atoms with van der Waals surface area (Å²) in [5.74, 6) is 0.709. The lowest BCUT2D eigenvalue weighted by Gasteiger charge is -2.18. The number of carbonyl (C=O) groups excluding carboxylic acids is 1. The Hall–Kier alpha value is -1.92. The quantitative estimate of drug-likeness (QED) is 0.914. The van der Waals surface area contributed by atoms with Crippen LogP contribution in [0.2, 0.25) is 0 Å². The van der Waals surface area contributed by atoms with E-state index in [2.05, 4.69) is 24.1 Å². The van der Waals surface area contributed by atoms with Gasteiger partial charge in [-0.15, -0.1) is 11.3 Å². The molecule has 1 amide bonds. The van der Waals surface area contributed by atoms with Crippen molar-refractivity contribution in [3.8, 4) is 5.75 Å². The Bertz CT molecular complexity index is 712. The van der Waals surface area contributed by atoms with Crippen LogP contribution in [0.4, 0.5) is 0 Å². The zero-order valence-electron chi connectivity index (χ0n) is 13.3. The fraction of sp³-hybridized carbons (Fsp3) is 0.412. The van der Waals surface area contributed by atoms with Crippen LogP contribution in [-0.4, -0.2) is 24.2 Å². The van der Waals surface area contributed by atoms with Gasteiger partial charge < -0.3 is 14.8 Å². The molecular weight excluding hydrogens is 312 g/mol. The normalized spacial score (nSPS) is 13.3. The van der Waals surface area contributed by atoms with E-state index in [1.54, 1.807) is 17.4 Å². The molecule has 1 aliphatic heterocycles. The van der Waals surface area contributed by atoms with E-state index in [9.17, 15) is 4.79 Å². The molecule has 0 saturated carbocycles. The van der Waals surface area contributed by atoms with Crippen LogP contribution < -0.4 is 10.1 Å². The molecule has 0 fully saturated rings. The van der Waals surface area contributed by atoms with Gasteiger partial charge in [0, 0.05) is 29.0 Å². The molecule has 1 aromatic heterocycles. The Morgan fingerprint density at radius 3 is 3.09 bits per heavy atom. The maximum absolute atomic E-state index is 12.2.